The minimum Gasteiger partial charge on any atom is -0.288 e. The molecule has 0 aliphatic heterocycles. The van der Waals surface area contributed by atoms with Crippen LogP contribution < -0.4 is 0 Å². The second kappa shape index (κ2) is 4.54. The summed E-state index contributed by atoms with van der Waals surface area (Å²) in [6, 6.07) is 12.4. The van der Waals surface area contributed by atoms with Crippen molar-refractivity contribution in [2.45, 2.75) is 0 Å². The minimum absolute atomic E-state index is 0.852. The molecule has 3 heterocycles. The average Bonchev–Trinajstić information content (AvgIpc) is 3.18. The van der Waals surface area contributed by atoms with Crippen molar-refractivity contribution in [2.75, 3.05) is 0 Å². The first-order valence-corrected chi connectivity index (χ1v) is 7.08. The average molecular weight is 278 g/mol. The topological polar surface area (TPSA) is 43.1 Å². The molecular formula is C15H10N4S. The standard InChI is InChI=1S/C15H10N4S/c1-2-11(8-12(3-1)15-16-6-7-20-15)13-4-5-14-18-17-10-19(14)9-13/h1-10H. The second-order valence-corrected chi connectivity index (χ2v) is 5.33. The Morgan fingerprint density at radius 1 is 1.00 bits per heavy atom. The molecule has 5 heteroatoms. The number of thiazole rings is 1. The van der Waals surface area contributed by atoms with Crippen LogP contribution in [-0.4, -0.2) is 19.6 Å². The summed E-state index contributed by atoms with van der Waals surface area (Å²) in [6.07, 6.45) is 5.58. The van der Waals surface area contributed by atoms with Gasteiger partial charge in [0.2, 0.25) is 0 Å². The molecule has 96 valence electrons. The van der Waals surface area contributed by atoms with Crippen LogP contribution in [0.4, 0.5) is 0 Å². The van der Waals surface area contributed by atoms with Crippen molar-refractivity contribution < 1.29 is 0 Å². The van der Waals surface area contributed by atoms with E-state index in [9.17, 15) is 0 Å². The summed E-state index contributed by atoms with van der Waals surface area (Å²) in [5.74, 6) is 0. The van der Waals surface area contributed by atoms with Crippen molar-refractivity contribution in [3.8, 4) is 21.7 Å². The van der Waals surface area contributed by atoms with Gasteiger partial charge in [-0.2, -0.15) is 0 Å². The molecule has 3 aromatic heterocycles. The highest BCUT2D eigenvalue weighted by Gasteiger charge is 2.04. The van der Waals surface area contributed by atoms with Crippen LogP contribution in [0.3, 0.4) is 0 Å². The minimum atomic E-state index is 0.852. The number of fused-ring (bicyclic) bond motifs is 1. The number of hydrogen-bond donors (Lipinski definition) is 0. The fraction of sp³-hybridized carbons (Fsp3) is 0. The fourth-order valence-electron chi connectivity index (χ4n) is 2.20. The Kier molecular flexibility index (Phi) is 2.57. The van der Waals surface area contributed by atoms with Gasteiger partial charge in [0.05, 0.1) is 0 Å². The maximum Gasteiger partial charge on any atom is 0.160 e. The van der Waals surface area contributed by atoms with Gasteiger partial charge in [0, 0.05) is 23.3 Å². The van der Waals surface area contributed by atoms with E-state index in [2.05, 4.69) is 45.5 Å². The lowest BCUT2D eigenvalue weighted by molar-refractivity contribution is 1.10. The maximum absolute atomic E-state index is 4.36. The lowest BCUT2D eigenvalue weighted by Crippen LogP contribution is -1.86. The van der Waals surface area contributed by atoms with Gasteiger partial charge in [0.25, 0.3) is 0 Å². The van der Waals surface area contributed by atoms with Gasteiger partial charge in [-0.05, 0) is 29.3 Å². The summed E-state index contributed by atoms with van der Waals surface area (Å²) in [5.41, 5.74) is 4.29. The number of aromatic nitrogens is 4. The zero-order valence-electron chi connectivity index (χ0n) is 10.5. The Bertz CT molecular complexity index is 864. The van der Waals surface area contributed by atoms with Crippen LogP contribution in [0.25, 0.3) is 27.3 Å². The predicted octanol–water partition coefficient (Wildman–Crippen LogP) is 3.52. The van der Waals surface area contributed by atoms with E-state index in [1.165, 1.54) is 0 Å². The first-order valence-electron chi connectivity index (χ1n) is 6.20. The Morgan fingerprint density at radius 2 is 1.95 bits per heavy atom. The van der Waals surface area contributed by atoms with Gasteiger partial charge < -0.3 is 0 Å². The van der Waals surface area contributed by atoms with Gasteiger partial charge in [0.15, 0.2) is 5.65 Å². The van der Waals surface area contributed by atoms with Gasteiger partial charge in [0.1, 0.15) is 11.3 Å². The molecule has 0 radical (unpaired) electrons. The van der Waals surface area contributed by atoms with Crippen molar-refractivity contribution >= 4 is 17.0 Å². The van der Waals surface area contributed by atoms with Gasteiger partial charge in [-0.1, -0.05) is 18.2 Å². The number of pyridine rings is 1. The number of rotatable bonds is 2. The Balaban J connectivity index is 1.83. The van der Waals surface area contributed by atoms with Gasteiger partial charge in [-0.25, -0.2) is 4.98 Å². The summed E-state index contributed by atoms with van der Waals surface area (Å²) in [5, 5.41) is 10.9. The lowest BCUT2D eigenvalue weighted by Gasteiger charge is -2.04. The molecule has 0 fully saturated rings. The molecule has 4 nitrogen and oxygen atoms in total. The molecule has 0 atom stereocenters. The van der Waals surface area contributed by atoms with Crippen LogP contribution in [-0.2, 0) is 0 Å². The molecule has 4 rings (SSSR count). The van der Waals surface area contributed by atoms with E-state index >= 15 is 0 Å². The predicted molar refractivity (Wildman–Crippen MR) is 79.5 cm³/mol. The van der Waals surface area contributed by atoms with Crippen molar-refractivity contribution in [1.29, 1.82) is 0 Å². The van der Waals surface area contributed by atoms with Crippen LogP contribution in [0, 0.1) is 0 Å². The van der Waals surface area contributed by atoms with E-state index in [0.717, 1.165) is 27.3 Å². The number of benzene rings is 1. The fourth-order valence-corrected chi connectivity index (χ4v) is 2.83. The normalized spacial score (nSPS) is 11.0. The molecule has 0 saturated carbocycles. The molecule has 20 heavy (non-hydrogen) atoms. The highest BCUT2D eigenvalue weighted by molar-refractivity contribution is 7.13. The SMILES string of the molecule is c1cc(-c2ccc3nncn3c2)cc(-c2nccs2)c1. The third kappa shape index (κ3) is 1.88. The molecule has 0 aliphatic rings. The highest BCUT2D eigenvalue weighted by atomic mass is 32.1. The first-order chi connectivity index (χ1) is 9.90. The molecule has 0 unspecified atom stereocenters. The van der Waals surface area contributed by atoms with Crippen LogP contribution in [0.5, 0.6) is 0 Å². The Hall–Kier alpha value is -2.53. The Morgan fingerprint density at radius 3 is 2.85 bits per heavy atom. The van der Waals surface area contributed by atoms with E-state index in [-0.39, 0.29) is 0 Å². The lowest BCUT2D eigenvalue weighted by atomic mass is 10.1. The number of hydrogen-bond acceptors (Lipinski definition) is 4. The van der Waals surface area contributed by atoms with E-state index < -0.39 is 0 Å². The van der Waals surface area contributed by atoms with E-state index in [1.54, 1.807) is 17.7 Å². The highest BCUT2D eigenvalue weighted by Crippen LogP contribution is 2.27. The molecule has 0 saturated heterocycles. The van der Waals surface area contributed by atoms with Gasteiger partial charge >= 0.3 is 0 Å². The molecule has 0 N–H and O–H groups in total. The summed E-state index contributed by atoms with van der Waals surface area (Å²) >= 11 is 1.65. The largest absolute Gasteiger partial charge is 0.288 e. The molecule has 0 amide bonds. The number of nitrogens with zero attached hydrogens (tertiary/aromatic N) is 4. The van der Waals surface area contributed by atoms with Crippen LogP contribution in [0.15, 0.2) is 60.5 Å². The van der Waals surface area contributed by atoms with Crippen molar-refractivity contribution in [3.63, 3.8) is 0 Å². The van der Waals surface area contributed by atoms with Crippen LogP contribution in [0.1, 0.15) is 0 Å². The molecule has 4 aromatic rings. The second-order valence-electron chi connectivity index (χ2n) is 4.43. The van der Waals surface area contributed by atoms with Crippen molar-refractivity contribution in [1.82, 2.24) is 19.6 Å². The van der Waals surface area contributed by atoms with E-state index in [0.29, 0.717) is 0 Å². The first kappa shape index (κ1) is 11.3. The summed E-state index contributed by atoms with van der Waals surface area (Å²) in [7, 11) is 0. The van der Waals surface area contributed by atoms with Crippen molar-refractivity contribution in [2.24, 2.45) is 0 Å². The quantitative estimate of drug-likeness (QED) is 0.563. The summed E-state index contributed by atoms with van der Waals surface area (Å²) < 4.78 is 1.92. The smallest absolute Gasteiger partial charge is 0.160 e. The monoisotopic (exact) mass is 278 g/mol. The zero-order valence-corrected chi connectivity index (χ0v) is 11.3. The molecule has 0 aliphatic carbocycles. The Labute approximate surface area is 119 Å². The molecule has 0 bridgehead atoms. The van der Waals surface area contributed by atoms with Gasteiger partial charge in [-0.15, -0.1) is 21.5 Å². The van der Waals surface area contributed by atoms with Gasteiger partial charge in [-0.3, -0.25) is 4.40 Å². The summed E-state index contributed by atoms with van der Waals surface area (Å²) in [4.78, 5) is 4.36. The maximum atomic E-state index is 4.36. The molecule has 1 aromatic carbocycles. The third-order valence-corrected chi connectivity index (χ3v) is 3.99. The molecular weight excluding hydrogens is 268 g/mol. The molecule has 0 spiro atoms. The van der Waals surface area contributed by atoms with Crippen LogP contribution in [0.2, 0.25) is 0 Å². The van der Waals surface area contributed by atoms with E-state index in [1.807, 2.05) is 28.2 Å². The van der Waals surface area contributed by atoms with Crippen LogP contribution >= 0.6 is 11.3 Å². The van der Waals surface area contributed by atoms with E-state index in [4.69, 9.17) is 0 Å². The third-order valence-electron chi connectivity index (χ3n) is 3.17. The van der Waals surface area contributed by atoms with Crippen molar-refractivity contribution in [3.05, 3.63) is 60.5 Å². The zero-order chi connectivity index (χ0) is 13.4. The summed E-state index contributed by atoms with van der Waals surface area (Å²) in [6.45, 7) is 0.